The summed E-state index contributed by atoms with van der Waals surface area (Å²) >= 11 is 0. The molecule has 1 aromatic rings. The number of unbranched alkanes of at least 4 members (excludes halogenated alkanes) is 2. The zero-order valence-electron chi connectivity index (χ0n) is 7.24. The van der Waals surface area contributed by atoms with Crippen LogP contribution < -0.4 is 0 Å². The molecule has 1 aromatic carbocycles. The summed E-state index contributed by atoms with van der Waals surface area (Å²) in [5.41, 5.74) is 1.03. The Bertz CT molecular complexity index is 226. The molecule has 0 aromatic heterocycles. The van der Waals surface area contributed by atoms with E-state index in [9.17, 15) is 0 Å². The van der Waals surface area contributed by atoms with Gasteiger partial charge in [-0.25, -0.2) is 0 Å². The van der Waals surface area contributed by atoms with E-state index in [1.54, 1.807) is 0 Å². The highest BCUT2D eigenvalue weighted by Gasteiger charge is 1.82. The van der Waals surface area contributed by atoms with Gasteiger partial charge < -0.3 is 0 Å². The lowest BCUT2D eigenvalue weighted by Gasteiger charge is -1.91. The lowest BCUT2D eigenvalue weighted by Crippen LogP contribution is -1.74. The average Bonchev–Trinajstić information content (AvgIpc) is 2.14. The summed E-state index contributed by atoms with van der Waals surface area (Å²) in [5, 5.41) is 0. The summed E-state index contributed by atoms with van der Waals surface area (Å²) in [7, 11) is 0. The lowest BCUT2D eigenvalue weighted by molar-refractivity contribution is 0.901. The minimum Gasteiger partial charge on any atom is -0.261 e. The molecule has 12 heavy (non-hydrogen) atoms. The molecule has 0 heterocycles. The summed E-state index contributed by atoms with van der Waals surface area (Å²) in [6.45, 7) is 3.77. The fraction of sp³-hybridized carbons (Fsp3) is 0.273. The van der Waals surface area contributed by atoms with Crippen LogP contribution in [-0.4, -0.2) is 6.21 Å². The predicted molar refractivity (Wildman–Crippen MR) is 53.8 cm³/mol. The highest BCUT2D eigenvalue weighted by atomic mass is 14.7. The number of nitrogens with zero attached hydrogens (tertiary/aromatic N) is 1. The molecular formula is C11H14N. The van der Waals surface area contributed by atoms with Crippen LogP contribution in [0.25, 0.3) is 0 Å². The van der Waals surface area contributed by atoms with Gasteiger partial charge in [-0.3, -0.25) is 4.99 Å². The van der Waals surface area contributed by atoms with Gasteiger partial charge in [0.25, 0.3) is 0 Å². The quantitative estimate of drug-likeness (QED) is 0.473. The predicted octanol–water partition coefficient (Wildman–Crippen LogP) is 3.39. The maximum Gasteiger partial charge on any atom is 0.0625 e. The summed E-state index contributed by atoms with van der Waals surface area (Å²) < 4.78 is 0. The first kappa shape index (κ1) is 8.98. The van der Waals surface area contributed by atoms with E-state index in [1.165, 1.54) is 0 Å². The third-order valence-corrected chi connectivity index (χ3v) is 1.58. The van der Waals surface area contributed by atoms with E-state index >= 15 is 0 Å². The third-order valence-electron chi connectivity index (χ3n) is 1.58. The molecule has 1 rings (SSSR count). The highest BCUT2D eigenvalue weighted by Crippen LogP contribution is 2.08. The SMILES string of the molecule is [CH2]CCCC=Nc1ccccc1. The molecule has 0 aliphatic rings. The molecule has 0 atom stereocenters. The van der Waals surface area contributed by atoms with Crippen LogP contribution in [0.5, 0.6) is 0 Å². The fourth-order valence-corrected chi connectivity index (χ4v) is 0.920. The normalized spacial score (nSPS) is 10.8. The van der Waals surface area contributed by atoms with E-state index < -0.39 is 0 Å². The van der Waals surface area contributed by atoms with Gasteiger partial charge in [-0.15, -0.1) is 0 Å². The molecule has 0 amide bonds. The smallest absolute Gasteiger partial charge is 0.0625 e. The largest absolute Gasteiger partial charge is 0.261 e. The van der Waals surface area contributed by atoms with Crippen LogP contribution >= 0.6 is 0 Å². The van der Waals surface area contributed by atoms with Crippen LogP contribution in [0.1, 0.15) is 19.3 Å². The monoisotopic (exact) mass is 160 g/mol. The average molecular weight is 160 g/mol. The zero-order chi connectivity index (χ0) is 8.65. The Balaban J connectivity index is 2.36. The second kappa shape index (κ2) is 5.53. The van der Waals surface area contributed by atoms with E-state index in [1.807, 2.05) is 36.5 Å². The van der Waals surface area contributed by atoms with E-state index in [0.717, 1.165) is 24.9 Å². The van der Waals surface area contributed by atoms with E-state index in [0.29, 0.717) is 0 Å². The Kier molecular flexibility index (Phi) is 4.14. The van der Waals surface area contributed by atoms with Crippen molar-refractivity contribution < 1.29 is 0 Å². The molecule has 1 heteroatoms. The minimum atomic E-state index is 0.987. The second-order valence-corrected chi connectivity index (χ2v) is 2.64. The Morgan fingerprint density at radius 3 is 2.67 bits per heavy atom. The first-order valence-corrected chi connectivity index (χ1v) is 4.30. The molecular weight excluding hydrogens is 146 g/mol. The molecule has 0 N–H and O–H groups in total. The molecule has 63 valence electrons. The van der Waals surface area contributed by atoms with Gasteiger partial charge in [0.1, 0.15) is 0 Å². The first-order chi connectivity index (χ1) is 5.93. The van der Waals surface area contributed by atoms with Crippen molar-refractivity contribution in [3.05, 3.63) is 37.3 Å². The van der Waals surface area contributed by atoms with E-state index in [2.05, 4.69) is 11.9 Å². The van der Waals surface area contributed by atoms with Crippen molar-refractivity contribution in [2.45, 2.75) is 19.3 Å². The molecule has 0 fully saturated rings. The summed E-state index contributed by atoms with van der Waals surface area (Å²) in [5.74, 6) is 0. The van der Waals surface area contributed by atoms with Gasteiger partial charge in [0, 0.05) is 6.21 Å². The van der Waals surface area contributed by atoms with Crippen molar-refractivity contribution in [3.8, 4) is 0 Å². The maximum absolute atomic E-state index is 4.29. The van der Waals surface area contributed by atoms with Crippen LogP contribution in [0.4, 0.5) is 5.69 Å². The molecule has 0 spiro atoms. The number of benzene rings is 1. The van der Waals surface area contributed by atoms with Crippen LogP contribution in [0.3, 0.4) is 0 Å². The highest BCUT2D eigenvalue weighted by molar-refractivity contribution is 5.62. The van der Waals surface area contributed by atoms with Gasteiger partial charge in [-0.05, 0) is 25.0 Å². The second-order valence-electron chi connectivity index (χ2n) is 2.64. The molecule has 0 aliphatic carbocycles. The lowest BCUT2D eigenvalue weighted by atomic mass is 10.3. The number of rotatable bonds is 4. The summed E-state index contributed by atoms with van der Waals surface area (Å²) in [4.78, 5) is 4.29. The molecule has 1 radical (unpaired) electrons. The van der Waals surface area contributed by atoms with Crippen molar-refractivity contribution in [2.75, 3.05) is 0 Å². The minimum absolute atomic E-state index is 0.987. The van der Waals surface area contributed by atoms with Crippen molar-refractivity contribution in [2.24, 2.45) is 4.99 Å². The molecule has 0 saturated carbocycles. The van der Waals surface area contributed by atoms with Crippen molar-refractivity contribution in [3.63, 3.8) is 0 Å². The van der Waals surface area contributed by atoms with Gasteiger partial charge in [0.15, 0.2) is 0 Å². The first-order valence-electron chi connectivity index (χ1n) is 4.30. The van der Waals surface area contributed by atoms with Gasteiger partial charge in [0.05, 0.1) is 5.69 Å². The number of para-hydroxylation sites is 1. The van der Waals surface area contributed by atoms with Crippen molar-refractivity contribution >= 4 is 11.9 Å². The molecule has 0 aliphatic heterocycles. The topological polar surface area (TPSA) is 12.4 Å². The fourth-order valence-electron chi connectivity index (χ4n) is 0.920. The number of hydrogen-bond donors (Lipinski definition) is 0. The molecule has 0 unspecified atom stereocenters. The van der Waals surface area contributed by atoms with Crippen molar-refractivity contribution in [1.82, 2.24) is 0 Å². The van der Waals surface area contributed by atoms with Gasteiger partial charge >= 0.3 is 0 Å². The van der Waals surface area contributed by atoms with Crippen LogP contribution in [0, 0.1) is 6.92 Å². The summed E-state index contributed by atoms with van der Waals surface area (Å²) in [6, 6.07) is 9.98. The number of hydrogen-bond acceptors (Lipinski definition) is 1. The van der Waals surface area contributed by atoms with Gasteiger partial charge in [0.2, 0.25) is 0 Å². The van der Waals surface area contributed by atoms with Crippen LogP contribution in [0.15, 0.2) is 35.3 Å². The Labute approximate surface area is 74.2 Å². The number of aliphatic imine (C=N–C) groups is 1. The molecule has 0 bridgehead atoms. The standard InChI is InChI=1S/C11H14N/c1-2-3-7-10-12-11-8-5-4-6-9-11/h4-6,8-10H,1-3,7H2. The Morgan fingerprint density at radius 1 is 1.25 bits per heavy atom. The van der Waals surface area contributed by atoms with Crippen LogP contribution in [0.2, 0.25) is 0 Å². The Morgan fingerprint density at radius 2 is 2.00 bits per heavy atom. The van der Waals surface area contributed by atoms with Crippen LogP contribution in [-0.2, 0) is 0 Å². The summed E-state index contributed by atoms with van der Waals surface area (Å²) in [6.07, 6.45) is 5.09. The van der Waals surface area contributed by atoms with Crippen molar-refractivity contribution in [1.29, 1.82) is 0 Å². The van der Waals surface area contributed by atoms with E-state index in [4.69, 9.17) is 0 Å². The third kappa shape index (κ3) is 3.33. The maximum atomic E-state index is 4.29. The zero-order valence-corrected chi connectivity index (χ0v) is 7.24. The molecule has 1 nitrogen and oxygen atoms in total. The Hall–Kier alpha value is -1.11. The van der Waals surface area contributed by atoms with E-state index in [-0.39, 0.29) is 0 Å². The molecule has 0 saturated heterocycles. The van der Waals surface area contributed by atoms with Gasteiger partial charge in [-0.1, -0.05) is 31.5 Å². The van der Waals surface area contributed by atoms with Gasteiger partial charge in [-0.2, -0.15) is 0 Å².